The van der Waals surface area contributed by atoms with Crippen molar-refractivity contribution in [1.82, 2.24) is 10.0 Å². The van der Waals surface area contributed by atoms with Crippen LogP contribution in [-0.4, -0.2) is 44.3 Å². The van der Waals surface area contributed by atoms with Gasteiger partial charge in [0.2, 0.25) is 15.9 Å². The summed E-state index contributed by atoms with van der Waals surface area (Å²) in [5.41, 5.74) is 0.969. The van der Waals surface area contributed by atoms with E-state index >= 15 is 0 Å². The molecule has 166 valence electrons. The zero-order valence-corrected chi connectivity index (χ0v) is 17.8. The lowest BCUT2D eigenvalue weighted by molar-refractivity contribution is -0.125. The quantitative estimate of drug-likeness (QED) is 0.536. The van der Waals surface area contributed by atoms with Gasteiger partial charge in [0.25, 0.3) is 0 Å². The van der Waals surface area contributed by atoms with Crippen molar-refractivity contribution in [3.63, 3.8) is 0 Å². The molecule has 1 aliphatic rings. The highest BCUT2D eigenvalue weighted by atomic mass is 32.2. The van der Waals surface area contributed by atoms with E-state index in [0.717, 1.165) is 17.7 Å². The van der Waals surface area contributed by atoms with Crippen molar-refractivity contribution in [1.29, 1.82) is 0 Å². The first-order valence-electron chi connectivity index (χ1n) is 9.85. The van der Waals surface area contributed by atoms with Crippen LogP contribution in [0.5, 0.6) is 0 Å². The SMILES string of the molecule is C[C@@H](NC(=O)C[C@@H]1C=C[C@H](NS(=O)(=O)c2cccc(F)c2)[C@H](CO)O1)c1ccccc1. The molecule has 3 N–H and O–H groups in total. The Bertz CT molecular complexity index is 1030. The van der Waals surface area contributed by atoms with E-state index < -0.39 is 40.7 Å². The summed E-state index contributed by atoms with van der Waals surface area (Å²) in [6.45, 7) is 1.41. The Balaban J connectivity index is 1.61. The minimum Gasteiger partial charge on any atom is -0.394 e. The first kappa shape index (κ1) is 23.1. The van der Waals surface area contributed by atoms with Gasteiger partial charge >= 0.3 is 0 Å². The van der Waals surface area contributed by atoms with Gasteiger partial charge in [-0.05, 0) is 30.7 Å². The van der Waals surface area contributed by atoms with Crippen LogP contribution in [0, 0.1) is 5.82 Å². The van der Waals surface area contributed by atoms with E-state index in [1.165, 1.54) is 12.1 Å². The van der Waals surface area contributed by atoms with Crippen LogP contribution in [0.3, 0.4) is 0 Å². The molecule has 1 aliphatic heterocycles. The van der Waals surface area contributed by atoms with Crippen molar-refractivity contribution in [2.75, 3.05) is 6.61 Å². The molecule has 0 fully saturated rings. The van der Waals surface area contributed by atoms with Gasteiger partial charge < -0.3 is 15.2 Å². The monoisotopic (exact) mass is 448 g/mol. The summed E-state index contributed by atoms with van der Waals surface area (Å²) in [6.07, 6.45) is 1.64. The molecule has 0 bridgehead atoms. The summed E-state index contributed by atoms with van der Waals surface area (Å²) in [4.78, 5) is 12.2. The number of benzene rings is 2. The Kier molecular flexibility index (Phi) is 7.55. The minimum atomic E-state index is -4.02. The second-order valence-corrected chi connectivity index (χ2v) is 9.00. The normalized spacial score (nSPS) is 22.1. The fraction of sp³-hybridized carbons (Fsp3) is 0.318. The van der Waals surface area contributed by atoms with Crippen LogP contribution < -0.4 is 10.0 Å². The van der Waals surface area contributed by atoms with Crippen LogP contribution in [0.2, 0.25) is 0 Å². The maximum absolute atomic E-state index is 13.4. The van der Waals surface area contributed by atoms with Gasteiger partial charge in [0.05, 0.1) is 36.1 Å². The van der Waals surface area contributed by atoms with E-state index in [2.05, 4.69) is 10.0 Å². The number of carbonyl (C=O) groups is 1. The summed E-state index contributed by atoms with van der Waals surface area (Å²) < 4.78 is 46.5. The van der Waals surface area contributed by atoms with Crippen LogP contribution in [0.15, 0.2) is 71.6 Å². The van der Waals surface area contributed by atoms with Crippen molar-refractivity contribution < 1.29 is 27.4 Å². The predicted octanol–water partition coefficient (Wildman–Crippen LogP) is 2.06. The molecule has 1 amide bonds. The molecule has 0 saturated carbocycles. The lowest BCUT2D eigenvalue weighted by atomic mass is 10.0. The van der Waals surface area contributed by atoms with Gasteiger partial charge in [0, 0.05) is 0 Å². The maximum Gasteiger partial charge on any atom is 0.241 e. The number of nitrogens with one attached hydrogen (secondary N) is 2. The molecule has 0 radical (unpaired) electrons. The van der Waals surface area contributed by atoms with Crippen LogP contribution >= 0.6 is 0 Å². The fourth-order valence-electron chi connectivity index (χ4n) is 3.30. The van der Waals surface area contributed by atoms with Crippen LogP contribution in [0.1, 0.15) is 24.9 Å². The second kappa shape index (κ2) is 10.1. The number of aliphatic hydroxyl groups excluding tert-OH is 1. The molecule has 7 nitrogen and oxygen atoms in total. The van der Waals surface area contributed by atoms with E-state index in [1.807, 2.05) is 37.3 Å². The van der Waals surface area contributed by atoms with Gasteiger partial charge in [-0.25, -0.2) is 17.5 Å². The first-order valence-corrected chi connectivity index (χ1v) is 11.3. The average Bonchev–Trinajstić information content (AvgIpc) is 2.75. The lowest BCUT2D eigenvalue weighted by Gasteiger charge is -2.31. The molecule has 4 atom stereocenters. The predicted molar refractivity (Wildman–Crippen MR) is 113 cm³/mol. The second-order valence-electron chi connectivity index (χ2n) is 7.29. The van der Waals surface area contributed by atoms with Gasteiger partial charge in [-0.1, -0.05) is 48.6 Å². The Hall–Kier alpha value is -2.59. The van der Waals surface area contributed by atoms with Gasteiger partial charge in [-0.3, -0.25) is 4.79 Å². The highest BCUT2D eigenvalue weighted by Crippen LogP contribution is 2.19. The Morgan fingerprint density at radius 2 is 1.90 bits per heavy atom. The molecular weight excluding hydrogens is 423 g/mol. The molecule has 0 aromatic heterocycles. The standard InChI is InChI=1S/C22H25FN2O5S/c1-15(16-6-3-2-4-7-16)24-22(27)13-18-10-11-20(21(14-26)30-18)25-31(28,29)19-9-5-8-17(23)12-19/h2-12,15,18,20-21,25-26H,13-14H2,1H3,(H,24,27)/t15-,18+,20+,21+/m1/s1. The van der Waals surface area contributed by atoms with Gasteiger partial charge in [0.15, 0.2) is 0 Å². The summed E-state index contributed by atoms with van der Waals surface area (Å²) in [6, 6.07) is 13.1. The molecule has 2 aromatic carbocycles. The van der Waals surface area contributed by atoms with Crippen molar-refractivity contribution >= 4 is 15.9 Å². The third-order valence-corrected chi connectivity index (χ3v) is 6.38. The molecule has 0 unspecified atom stereocenters. The van der Waals surface area contributed by atoms with Crippen molar-refractivity contribution in [2.24, 2.45) is 0 Å². The molecule has 0 aliphatic carbocycles. The van der Waals surface area contributed by atoms with Gasteiger partial charge in [-0.15, -0.1) is 0 Å². The third kappa shape index (κ3) is 6.20. The first-order chi connectivity index (χ1) is 14.8. The minimum absolute atomic E-state index is 0.0214. The van der Waals surface area contributed by atoms with E-state index in [4.69, 9.17) is 4.74 Å². The highest BCUT2D eigenvalue weighted by Gasteiger charge is 2.31. The topological polar surface area (TPSA) is 105 Å². The highest BCUT2D eigenvalue weighted by molar-refractivity contribution is 7.89. The number of ether oxygens (including phenoxy) is 1. The van der Waals surface area contributed by atoms with Gasteiger partial charge in [0.1, 0.15) is 11.9 Å². The zero-order chi connectivity index (χ0) is 22.4. The molecule has 2 aromatic rings. The number of carbonyl (C=O) groups excluding carboxylic acids is 1. The average molecular weight is 449 g/mol. The number of amides is 1. The summed E-state index contributed by atoms with van der Waals surface area (Å²) in [5.74, 6) is -0.908. The zero-order valence-electron chi connectivity index (χ0n) is 16.9. The number of aliphatic hydroxyl groups is 1. The van der Waals surface area contributed by atoms with Crippen molar-refractivity contribution in [3.05, 3.63) is 78.1 Å². The molecule has 0 spiro atoms. The number of sulfonamides is 1. The smallest absolute Gasteiger partial charge is 0.241 e. The molecular formula is C22H25FN2O5S. The van der Waals surface area contributed by atoms with E-state index in [9.17, 15) is 22.7 Å². The van der Waals surface area contributed by atoms with E-state index in [-0.39, 0.29) is 23.3 Å². The number of hydrogen-bond donors (Lipinski definition) is 3. The third-order valence-electron chi connectivity index (χ3n) is 4.92. The molecule has 1 heterocycles. The molecule has 3 rings (SSSR count). The van der Waals surface area contributed by atoms with Crippen LogP contribution in [0.25, 0.3) is 0 Å². The fourth-order valence-corrected chi connectivity index (χ4v) is 4.55. The largest absolute Gasteiger partial charge is 0.394 e. The van der Waals surface area contributed by atoms with Crippen molar-refractivity contribution in [3.8, 4) is 0 Å². The van der Waals surface area contributed by atoms with E-state index in [0.29, 0.717) is 0 Å². The Morgan fingerprint density at radius 1 is 1.16 bits per heavy atom. The van der Waals surface area contributed by atoms with Gasteiger partial charge in [-0.2, -0.15) is 0 Å². The van der Waals surface area contributed by atoms with Crippen molar-refractivity contribution in [2.45, 2.75) is 42.5 Å². The molecule has 9 heteroatoms. The number of rotatable bonds is 8. The summed E-state index contributed by atoms with van der Waals surface area (Å²) >= 11 is 0. The Labute approximate surface area is 181 Å². The maximum atomic E-state index is 13.4. The summed E-state index contributed by atoms with van der Waals surface area (Å²) in [7, 11) is -4.02. The molecule has 31 heavy (non-hydrogen) atoms. The summed E-state index contributed by atoms with van der Waals surface area (Å²) in [5, 5.41) is 12.6. The Morgan fingerprint density at radius 3 is 2.58 bits per heavy atom. The van der Waals surface area contributed by atoms with Crippen LogP contribution in [-0.2, 0) is 19.6 Å². The van der Waals surface area contributed by atoms with E-state index in [1.54, 1.807) is 12.2 Å². The molecule has 0 saturated heterocycles. The number of hydrogen-bond acceptors (Lipinski definition) is 5. The van der Waals surface area contributed by atoms with Crippen LogP contribution in [0.4, 0.5) is 4.39 Å². The number of halogens is 1. The lowest BCUT2D eigenvalue weighted by Crippen LogP contribution is -2.49.